The Kier molecular flexibility index (Phi) is 2.08. The highest BCUT2D eigenvalue weighted by Crippen LogP contribution is 2.50. The standard InChI is InChI=1S/C6H3F7/c7-2-1-3(8)5(10,11)6(12,13)4(2)9/h3H,1H2. The largest absolute Gasteiger partial charge is 0.366 e. The highest BCUT2D eigenvalue weighted by molar-refractivity contribution is 5.21. The van der Waals surface area contributed by atoms with E-state index < -0.39 is 36.1 Å². The highest BCUT2D eigenvalue weighted by Gasteiger charge is 2.68. The van der Waals surface area contributed by atoms with Gasteiger partial charge in [-0.2, -0.15) is 17.6 Å². The molecule has 1 atom stereocenters. The average molecular weight is 208 g/mol. The lowest BCUT2D eigenvalue weighted by Gasteiger charge is -2.31. The Morgan fingerprint density at radius 2 is 1.54 bits per heavy atom. The molecule has 76 valence electrons. The maximum absolute atomic E-state index is 12.2. The molecule has 0 aliphatic heterocycles. The summed E-state index contributed by atoms with van der Waals surface area (Å²) in [6.45, 7) is 0. The Labute approximate surface area is 68.0 Å². The molecule has 0 heterocycles. The van der Waals surface area contributed by atoms with Crippen molar-refractivity contribution in [1.29, 1.82) is 0 Å². The van der Waals surface area contributed by atoms with E-state index >= 15 is 0 Å². The van der Waals surface area contributed by atoms with Gasteiger partial charge in [0.15, 0.2) is 6.17 Å². The topological polar surface area (TPSA) is 0 Å². The van der Waals surface area contributed by atoms with Gasteiger partial charge in [-0.15, -0.1) is 0 Å². The molecule has 1 aliphatic carbocycles. The molecule has 0 N–H and O–H groups in total. The van der Waals surface area contributed by atoms with Crippen molar-refractivity contribution < 1.29 is 30.7 Å². The van der Waals surface area contributed by atoms with E-state index in [0.717, 1.165) is 0 Å². The van der Waals surface area contributed by atoms with Crippen LogP contribution < -0.4 is 0 Å². The zero-order chi connectivity index (χ0) is 10.4. The lowest BCUT2D eigenvalue weighted by atomic mass is 9.96. The quantitative estimate of drug-likeness (QED) is 0.536. The van der Waals surface area contributed by atoms with Crippen molar-refractivity contribution in [1.82, 2.24) is 0 Å². The van der Waals surface area contributed by atoms with Crippen LogP contribution in [0.2, 0.25) is 0 Å². The molecule has 1 aliphatic rings. The van der Waals surface area contributed by atoms with E-state index in [1.807, 2.05) is 0 Å². The first-order valence-corrected chi connectivity index (χ1v) is 3.15. The number of halogens is 7. The van der Waals surface area contributed by atoms with Crippen LogP contribution in [0.1, 0.15) is 6.42 Å². The average Bonchev–Trinajstić information content (AvgIpc) is 2.00. The predicted molar refractivity (Wildman–Crippen MR) is 28.6 cm³/mol. The lowest BCUT2D eigenvalue weighted by molar-refractivity contribution is -0.235. The molecule has 7 heteroatoms. The number of hydrogen-bond donors (Lipinski definition) is 0. The molecular formula is C6H3F7. The summed E-state index contributed by atoms with van der Waals surface area (Å²) in [6, 6.07) is 0. The summed E-state index contributed by atoms with van der Waals surface area (Å²) in [6.07, 6.45) is -5.06. The molecule has 0 nitrogen and oxygen atoms in total. The van der Waals surface area contributed by atoms with Crippen molar-refractivity contribution in [2.45, 2.75) is 24.4 Å². The van der Waals surface area contributed by atoms with Gasteiger partial charge in [-0.25, -0.2) is 13.2 Å². The third-order valence-electron chi connectivity index (χ3n) is 1.68. The zero-order valence-electron chi connectivity index (χ0n) is 5.93. The van der Waals surface area contributed by atoms with Gasteiger partial charge < -0.3 is 0 Å². The van der Waals surface area contributed by atoms with Crippen LogP contribution >= 0.6 is 0 Å². The van der Waals surface area contributed by atoms with Gasteiger partial charge in [0.1, 0.15) is 5.83 Å². The third kappa shape index (κ3) is 1.21. The highest BCUT2D eigenvalue weighted by atomic mass is 19.3. The van der Waals surface area contributed by atoms with Gasteiger partial charge in [-0.05, 0) is 0 Å². The first-order chi connectivity index (χ1) is 5.71. The van der Waals surface area contributed by atoms with Gasteiger partial charge in [0, 0.05) is 6.42 Å². The van der Waals surface area contributed by atoms with Gasteiger partial charge in [0.05, 0.1) is 0 Å². The van der Waals surface area contributed by atoms with Crippen LogP contribution in [0, 0.1) is 0 Å². The molecule has 0 aromatic rings. The predicted octanol–water partition coefficient (Wildman–Crippen LogP) is 3.15. The van der Waals surface area contributed by atoms with Crippen LogP contribution in [0.25, 0.3) is 0 Å². The first-order valence-electron chi connectivity index (χ1n) is 3.15. The van der Waals surface area contributed by atoms with E-state index in [9.17, 15) is 30.7 Å². The van der Waals surface area contributed by atoms with Gasteiger partial charge >= 0.3 is 11.8 Å². The number of allylic oxidation sites excluding steroid dienone is 2. The second kappa shape index (κ2) is 2.62. The first kappa shape index (κ1) is 10.3. The molecule has 0 spiro atoms. The second-order valence-electron chi connectivity index (χ2n) is 2.59. The van der Waals surface area contributed by atoms with Crippen molar-refractivity contribution in [3.63, 3.8) is 0 Å². The summed E-state index contributed by atoms with van der Waals surface area (Å²) >= 11 is 0. The maximum atomic E-state index is 12.2. The minimum absolute atomic E-state index is 1.66. The van der Waals surface area contributed by atoms with E-state index in [-0.39, 0.29) is 0 Å². The fraction of sp³-hybridized carbons (Fsp3) is 0.667. The van der Waals surface area contributed by atoms with E-state index in [2.05, 4.69) is 0 Å². The van der Waals surface area contributed by atoms with Crippen LogP contribution in [-0.4, -0.2) is 18.0 Å². The van der Waals surface area contributed by atoms with E-state index in [1.54, 1.807) is 0 Å². The van der Waals surface area contributed by atoms with Crippen LogP contribution in [0.3, 0.4) is 0 Å². The normalized spacial score (nSPS) is 32.1. The molecule has 1 unspecified atom stereocenters. The number of rotatable bonds is 0. The van der Waals surface area contributed by atoms with Crippen LogP contribution in [0.5, 0.6) is 0 Å². The molecule has 1 rings (SSSR count). The summed E-state index contributed by atoms with van der Waals surface area (Å²) in [7, 11) is 0. The molecular weight excluding hydrogens is 205 g/mol. The maximum Gasteiger partial charge on any atom is 0.366 e. The molecule has 0 amide bonds. The van der Waals surface area contributed by atoms with Crippen molar-refractivity contribution in [2.24, 2.45) is 0 Å². The van der Waals surface area contributed by atoms with Crippen LogP contribution in [0.4, 0.5) is 30.7 Å². The Bertz CT molecular complexity index is 254. The van der Waals surface area contributed by atoms with Crippen molar-refractivity contribution in [3.05, 3.63) is 11.7 Å². The smallest absolute Gasteiger partial charge is 0.240 e. The summed E-state index contributed by atoms with van der Waals surface area (Å²) in [5.74, 6) is -15.6. The fourth-order valence-electron chi connectivity index (χ4n) is 0.889. The van der Waals surface area contributed by atoms with E-state index in [1.165, 1.54) is 0 Å². The molecule has 0 aromatic carbocycles. The van der Waals surface area contributed by atoms with Gasteiger partial charge in [-0.3, -0.25) is 0 Å². The summed E-state index contributed by atoms with van der Waals surface area (Å²) in [5, 5.41) is 0. The Morgan fingerprint density at radius 1 is 1.08 bits per heavy atom. The van der Waals surface area contributed by atoms with Gasteiger partial charge in [0.25, 0.3) is 0 Å². The summed E-state index contributed by atoms with van der Waals surface area (Å²) in [5.41, 5.74) is 0. The third-order valence-corrected chi connectivity index (χ3v) is 1.68. The fourth-order valence-corrected chi connectivity index (χ4v) is 0.889. The van der Waals surface area contributed by atoms with Gasteiger partial charge in [-0.1, -0.05) is 0 Å². The minimum atomic E-state index is -5.39. The minimum Gasteiger partial charge on any atom is -0.240 e. The summed E-state index contributed by atoms with van der Waals surface area (Å²) < 4.78 is 85.4. The van der Waals surface area contributed by atoms with Crippen LogP contribution in [0.15, 0.2) is 11.7 Å². The second-order valence-corrected chi connectivity index (χ2v) is 2.59. The molecule has 0 saturated heterocycles. The van der Waals surface area contributed by atoms with Crippen molar-refractivity contribution in [3.8, 4) is 0 Å². The molecule has 0 fully saturated rings. The number of hydrogen-bond acceptors (Lipinski definition) is 0. The Balaban J connectivity index is 3.22. The van der Waals surface area contributed by atoms with E-state index in [0.29, 0.717) is 0 Å². The Hall–Kier alpha value is -0.750. The molecule has 0 radical (unpaired) electrons. The van der Waals surface area contributed by atoms with Crippen molar-refractivity contribution >= 4 is 0 Å². The van der Waals surface area contributed by atoms with Gasteiger partial charge in [0.2, 0.25) is 5.83 Å². The van der Waals surface area contributed by atoms with Crippen molar-refractivity contribution in [2.75, 3.05) is 0 Å². The lowest BCUT2D eigenvalue weighted by Crippen LogP contribution is -2.51. The Morgan fingerprint density at radius 3 is 2.00 bits per heavy atom. The zero-order valence-corrected chi connectivity index (χ0v) is 5.93. The number of alkyl halides is 5. The molecule has 0 aromatic heterocycles. The summed E-state index contributed by atoms with van der Waals surface area (Å²) in [4.78, 5) is 0. The SMILES string of the molecule is FC1=C(F)C(F)(F)C(F)(F)C(F)C1. The monoisotopic (exact) mass is 208 g/mol. The van der Waals surface area contributed by atoms with Crippen LogP contribution in [-0.2, 0) is 0 Å². The molecule has 0 saturated carbocycles. The molecule has 0 bridgehead atoms. The molecule has 13 heavy (non-hydrogen) atoms. The van der Waals surface area contributed by atoms with E-state index in [4.69, 9.17) is 0 Å².